The normalized spacial score (nSPS) is 35.3. The Balaban J connectivity index is 2.22. The number of hydrogen-bond donors (Lipinski definition) is 2. The molecule has 0 aliphatic carbocycles. The van der Waals surface area contributed by atoms with E-state index in [9.17, 15) is 0 Å². The van der Waals surface area contributed by atoms with Gasteiger partial charge in [0.15, 0.2) is 0 Å². The van der Waals surface area contributed by atoms with Gasteiger partial charge in [-0.3, -0.25) is 0 Å². The molecule has 2 nitrogen and oxygen atoms in total. The van der Waals surface area contributed by atoms with E-state index in [2.05, 4.69) is 12.2 Å². The number of nitrogens with one attached hydrogen (secondary N) is 1. The van der Waals surface area contributed by atoms with Crippen molar-refractivity contribution < 1.29 is 0 Å². The predicted molar refractivity (Wildman–Crippen MR) is 39.2 cm³/mol. The van der Waals surface area contributed by atoms with Gasteiger partial charge >= 0.3 is 0 Å². The molecule has 0 saturated carbocycles. The van der Waals surface area contributed by atoms with Crippen LogP contribution in [0.5, 0.6) is 0 Å². The molecule has 1 rings (SSSR count). The van der Waals surface area contributed by atoms with Gasteiger partial charge in [-0.25, -0.2) is 0 Å². The molecule has 9 heavy (non-hydrogen) atoms. The smallest absolute Gasteiger partial charge is 0.00169 e. The standard InChI is InChI=1S/C7H16N2/c1-6-4-9-5-7(6)2-3-8/h6-7,9H,2-5,8H2,1H3/t6-,7-/m1/s1. The summed E-state index contributed by atoms with van der Waals surface area (Å²) in [5.74, 6) is 1.68. The van der Waals surface area contributed by atoms with Gasteiger partial charge in [-0.15, -0.1) is 0 Å². The molecule has 0 bridgehead atoms. The summed E-state index contributed by atoms with van der Waals surface area (Å²) in [4.78, 5) is 0. The van der Waals surface area contributed by atoms with E-state index in [1.807, 2.05) is 0 Å². The number of rotatable bonds is 2. The summed E-state index contributed by atoms with van der Waals surface area (Å²) >= 11 is 0. The molecule has 1 heterocycles. The van der Waals surface area contributed by atoms with Crippen LogP contribution in [-0.4, -0.2) is 19.6 Å². The fourth-order valence-electron chi connectivity index (χ4n) is 1.46. The summed E-state index contributed by atoms with van der Waals surface area (Å²) in [6, 6.07) is 0. The molecule has 0 aromatic rings. The molecule has 0 aromatic heterocycles. The zero-order chi connectivity index (χ0) is 6.69. The van der Waals surface area contributed by atoms with E-state index in [1.54, 1.807) is 0 Å². The fourth-order valence-corrected chi connectivity index (χ4v) is 1.46. The number of hydrogen-bond acceptors (Lipinski definition) is 2. The monoisotopic (exact) mass is 128 g/mol. The van der Waals surface area contributed by atoms with Gasteiger partial charge in [-0.1, -0.05) is 6.92 Å². The average molecular weight is 128 g/mol. The third kappa shape index (κ3) is 1.66. The second-order valence-electron chi connectivity index (χ2n) is 2.97. The average Bonchev–Trinajstić information content (AvgIpc) is 2.18. The minimum atomic E-state index is 0.841. The first-order chi connectivity index (χ1) is 4.34. The van der Waals surface area contributed by atoms with E-state index in [-0.39, 0.29) is 0 Å². The van der Waals surface area contributed by atoms with Crippen LogP contribution >= 0.6 is 0 Å². The van der Waals surface area contributed by atoms with E-state index in [1.165, 1.54) is 19.5 Å². The van der Waals surface area contributed by atoms with Gasteiger partial charge in [0.05, 0.1) is 0 Å². The summed E-state index contributed by atoms with van der Waals surface area (Å²) < 4.78 is 0. The Labute approximate surface area is 56.8 Å². The Morgan fingerprint density at radius 1 is 1.56 bits per heavy atom. The first-order valence-electron chi connectivity index (χ1n) is 3.75. The Morgan fingerprint density at radius 3 is 2.78 bits per heavy atom. The molecule has 1 saturated heterocycles. The van der Waals surface area contributed by atoms with E-state index >= 15 is 0 Å². The van der Waals surface area contributed by atoms with Crippen LogP contribution in [0.3, 0.4) is 0 Å². The van der Waals surface area contributed by atoms with Crippen LogP contribution in [0.25, 0.3) is 0 Å². The fraction of sp³-hybridized carbons (Fsp3) is 1.00. The molecule has 0 radical (unpaired) electrons. The van der Waals surface area contributed by atoms with Gasteiger partial charge in [0, 0.05) is 0 Å². The van der Waals surface area contributed by atoms with Crippen molar-refractivity contribution in [2.45, 2.75) is 13.3 Å². The zero-order valence-corrected chi connectivity index (χ0v) is 6.06. The van der Waals surface area contributed by atoms with E-state index in [4.69, 9.17) is 5.73 Å². The maximum absolute atomic E-state index is 5.44. The molecule has 2 atom stereocenters. The molecule has 1 aliphatic rings. The Bertz CT molecular complexity index is 83.0. The maximum atomic E-state index is 5.44. The molecular weight excluding hydrogens is 112 g/mol. The highest BCUT2D eigenvalue weighted by Crippen LogP contribution is 2.17. The molecular formula is C7H16N2. The highest BCUT2D eigenvalue weighted by atomic mass is 14.9. The van der Waals surface area contributed by atoms with Crippen LogP contribution in [0.15, 0.2) is 0 Å². The Kier molecular flexibility index (Phi) is 2.49. The van der Waals surface area contributed by atoms with Crippen LogP contribution in [-0.2, 0) is 0 Å². The molecule has 2 heteroatoms. The van der Waals surface area contributed by atoms with Crippen LogP contribution in [0.2, 0.25) is 0 Å². The minimum Gasteiger partial charge on any atom is -0.330 e. The Morgan fingerprint density at radius 2 is 2.33 bits per heavy atom. The van der Waals surface area contributed by atoms with E-state index in [0.29, 0.717) is 0 Å². The van der Waals surface area contributed by atoms with Gasteiger partial charge in [0.1, 0.15) is 0 Å². The van der Waals surface area contributed by atoms with Crippen LogP contribution in [0.1, 0.15) is 13.3 Å². The topological polar surface area (TPSA) is 38.0 Å². The van der Waals surface area contributed by atoms with Crippen molar-refractivity contribution >= 4 is 0 Å². The quantitative estimate of drug-likeness (QED) is 0.557. The Hall–Kier alpha value is -0.0800. The van der Waals surface area contributed by atoms with Gasteiger partial charge in [0.25, 0.3) is 0 Å². The molecule has 0 aromatic carbocycles. The van der Waals surface area contributed by atoms with Crippen molar-refractivity contribution in [1.82, 2.24) is 5.32 Å². The second-order valence-corrected chi connectivity index (χ2v) is 2.97. The second kappa shape index (κ2) is 3.18. The highest BCUT2D eigenvalue weighted by Gasteiger charge is 2.21. The molecule has 0 unspecified atom stereocenters. The molecule has 1 fully saturated rings. The predicted octanol–water partition coefficient (Wildman–Crippen LogP) is 0.191. The third-order valence-electron chi connectivity index (χ3n) is 2.22. The maximum Gasteiger partial charge on any atom is -0.00169 e. The first kappa shape index (κ1) is 7.03. The van der Waals surface area contributed by atoms with Crippen LogP contribution in [0.4, 0.5) is 0 Å². The van der Waals surface area contributed by atoms with Gasteiger partial charge in [-0.2, -0.15) is 0 Å². The summed E-state index contributed by atoms with van der Waals surface area (Å²) in [5, 5.41) is 3.35. The SMILES string of the molecule is C[C@@H]1CNC[C@H]1CCN. The van der Waals surface area contributed by atoms with Crippen molar-refractivity contribution in [2.75, 3.05) is 19.6 Å². The molecule has 54 valence electrons. The lowest BCUT2D eigenvalue weighted by Gasteiger charge is -2.10. The lowest BCUT2D eigenvalue weighted by atomic mass is 9.95. The highest BCUT2D eigenvalue weighted by molar-refractivity contribution is 4.77. The van der Waals surface area contributed by atoms with E-state index in [0.717, 1.165) is 18.4 Å². The third-order valence-corrected chi connectivity index (χ3v) is 2.22. The van der Waals surface area contributed by atoms with Crippen LogP contribution < -0.4 is 11.1 Å². The summed E-state index contributed by atoms with van der Waals surface area (Å²) in [7, 11) is 0. The molecule has 1 aliphatic heterocycles. The number of nitrogens with two attached hydrogens (primary N) is 1. The first-order valence-corrected chi connectivity index (χ1v) is 3.75. The van der Waals surface area contributed by atoms with Crippen molar-refractivity contribution in [3.05, 3.63) is 0 Å². The largest absolute Gasteiger partial charge is 0.330 e. The van der Waals surface area contributed by atoms with Crippen molar-refractivity contribution in [1.29, 1.82) is 0 Å². The lowest BCUT2D eigenvalue weighted by molar-refractivity contribution is 0.428. The van der Waals surface area contributed by atoms with Gasteiger partial charge in [-0.05, 0) is 37.9 Å². The minimum absolute atomic E-state index is 0.841. The van der Waals surface area contributed by atoms with Gasteiger partial charge in [0.2, 0.25) is 0 Å². The summed E-state index contributed by atoms with van der Waals surface area (Å²) in [6.45, 7) is 5.50. The lowest BCUT2D eigenvalue weighted by Crippen LogP contribution is -2.14. The van der Waals surface area contributed by atoms with Crippen LogP contribution in [0, 0.1) is 11.8 Å². The summed E-state index contributed by atoms with van der Waals surface area (Å²) in [5.41, 5.74) is 5.44. The molecule has 0 spiro atoms. The summed E-state index contributed by atoms with van der Waals surface area (Å²) in [6.07, 6.45) is 1.19. The van der Waals surface area contributed by atoms with E-state index < -0.39 is 0 Å². The molecule has 0 amide bonds. The van der Waals surface area contributed by atoms with Crippen molar-refractivity contribution in [3.8, 4) is 0 Å². The van der Waals surface area contributed by atoms with Crippen molar-refractivity contribution in [3.63, 3.8) is 0 Å². The molecule has 3 N–H and O–H groups in total. The van der Waals surface area contributed by atoms with Crippen molar-refractivity contribution in [2.24, 2.45) is 17.6 Å². The van der Waals surface area contributed by atoms with Gasteiger partial charge < -0.3 is 11.1 Å². The zero-order valence-electron chi connectivity index (χ0n) is 6.06.